The van der Waals surface area contributed by atoms with E-state index in [1.54, 1.807) is 42.5 Å². The van der Waals surface area contributed by atoms with Gasteiger partial charge < -0.3 is 19.8 Å². The maximum atomic E-state index is 12.3. The largest absolute Gasteiger partial charge is 0.492 e. The Morgan fingerprint density at radius 1 is 1.14 bits per heavy atom. The molecular weight excluding hydrogens is 376 g/mol. The predicted octanol–water partition coefficient (Wildman–Crippen LogP) is 1.66. The van der Waals surface area contributed by atoms with Gasteiger partial charge in [-0.3, -0.25) is 14.4 Å². The van der Waals surface area contributed by atoms with E-state index in [0.29, 0.717) is 36.0 Å². The summed E-state index contributed by atoms with van der Waals surface area (Å²) >= 11 is 0. The predicted molar refractivity (Wildman–Crippen MR) is 105 cm³/mol. The Bertz CT molecular complexity index is 1030. The summed E-state index contributed by atoms with van der Waals surface area (Å²) in [6.07, 6.45) is 1.51. The van der Waals surface area contributed by atoms with Crippen molar-refractivity contribution < 1.29 is 18.7 Å². The molecule has 150 valence electrons. The zero-order valence-corrected chi connectivity index (χ0v) is 15.8. The van der Waals surface area contributed by atoms with E-state index in [2.05, 4.69) is 15.7 Å². The molecule has 0 bridgehead atoms. The molecule has 0 aliphatic heterocycles. The Morgan fingerprint density at radius 2 is 1.93 bits per heavy atom. The van der Waals surface area contributed by atoms with Gasteiger partial charge in [0.2, 0.25) is 11.8 Å². The number of furan rings is 1. The first kappa shape index (κ1) is 19.9. The highest BCUT2D eigenvalue weighted by atomic mass is 16.5. The highest BCUT2D eigenvalue weighted by molar-refractivity contribution is 5.90. The van der Waals surface area contributed by atoms with Crippen molar-refractivity contribution in [2.75, 3.05) is 18.5 Å². The molecule has 1 aromatic carbocycles. The molecule has 3 rings (SSSR count). The van der Waals surface area contributed by atoms with Crippen molar-refractivity contribution in [2.45, 2.75) is 13.5 Å². The lowest BCUT2D eigenvalue weighted by molar-refractivity contribution is -0.119. The second-order valence-corrected chi connectivity index (χ2v) is 6.10. The number of ether oxygens (including phenoxy) is 1. The van der Waals surface area contributed by atoms with Crippen molar-refractivity contribution in [3.05, 3.63) is 65.1 Å². The van der Waals surface area contributed by atoms with Crippen LogP contribution in [0, 0.1) is 0 Å². The van der Waals surface area contributed by atoms with Gasteiger partial charge >= 0.3 is 0 Å². The summed E-state index contributed by atoms with van der Waals surface area (Å²) in [4.78, 5) is 35.1. The smallest absolute Gasteiger partial charge is 0.267 e. The first-order valence-corrected chi connectivity index (χ1v) is 8.90. The van der Waals surface area contributed by atoms with Crippen LogP contribution in [0.3, 0.4) is 0 Å². The van der Waals surface area contributed by atoms with Gasteiger partial charge in [-0.05, 0) is 42.5 Å². The topological polar surface area (TPSA) is 115 Å². The fourth-order valence-corrected chi connectivity index (χ4v) is 2.48. The van der Waals surface area contributed by atoms with E-state index in [0.717, 1.165) is 4.68 Å². The third-order valence-electron chi connectivity index (χ3n) is 3.82. The number of aromatic nitrogens is 2. The van der Waals surface area contributed by atoms with Crippen LogP contribution in [-0.4, -0.2) is 34.7 Å². The van der Waals surface area contributed by atoms with Crippen molar-refractivity contribution in [3.8, 4) is 17.2 Å². The molecule has 2 aromatic heterocycles. The van der Waals surface area contributed by atoms with Gasteiger partial charge in [0.05, 0.1) is 12.8 Å². The van der Waals surface area contributed by atoms with Gasteiger partial charge in [-0.25, -0.2) is 4.68 Å². The van der Waals surface area contributed by atoms with Crippen molar-refractivity contribution in [3.63, 3.8) is 0 Å². The minimum atomic E-state index is -0.393. The summed E-state index contributed by atoms with van der Waals surface area (Å²) in [5, 5.41) is 9.50. The van der Waals surface area contributed by atoms with Crippen LogP contribution in [0.5, 0.6) is 5.75 Å². The van der Waals surface area contributed by atoms with Gasteiger partial charge in [0.1, 0.15) is 24.6 Å². The monoisotopic (exact) mass is 396 g/mol. The van der Waals surface area contributed by atoms with Gasteiger partial charge in [-0.15, -0.1) is 0 Å². The second-order valence-electron chi connectivity index (χ2n) is 6.10. The summed E-state index contributed by atoms with van der Waals surface area (Å²) in [6, 6.07) is 13.1. The molecule has 0 aliphatic carbocycles. The normalized spacial score (nSPS) is 10.4. The van der Waals surface area contributed by atoms with Crippen LogP contribution in [0.4, 0.5) is 5.69 Å². The molecule has 0 radical (unpaired) electrons. The number of amides is 2. The maximum absolute atomic E-state index is 12.3. The molecule has 2 N–H and O–H groups in total. The number of carbonyl (C=O) groups is 2. The van der Waals surface area contributed by atoms with E-state index in [9.17, 15) is 14.4 Å². The fourth-order valence-electron chi connectivity index (χ4n) is 2.48. The van der Waals surface area contributed by atoms with E-state index in [1.807, 2.05) is 0 Å². The fraction of sp³-hybridized carbons (Fsp3) is 0.200. The SMILES string of the molecule is CC(=O)NCCOc1ccc(NC(=O)Cn2nc(-c3ccco3)ccc2=O)cc1. The van der Waals surface area contributed by atoms with E-state index in [4.69, 9.17) is 9.15 Å². The van der Waals surface area contributed by atoms with E-state index >= 15 is 0 Å². The lowest BCUT2D eigenvalue weighted by atomic mass is 10.3. The zero-order valence-electron chi connectivity index (χ0n) is 15.8. The highest BCUT2D eigenvalue weighted by Gasteiger charge is 2.10. The minimum Gasteiger partial charge on any atom is -0.492 e. The molecule has 2 amide bonds. The van der Waals surface area contributed by atoms with E-state index < -0.39 is 11.5 Å². The third kappa shape index (κ3) is 5.80. The van der Waals surface area contributed by atoms with Crippen LogP contribution < -0.4 is 20.9 Å². The van der Waals surface area contributed by atoms with Crippen molar-refractivity contribution in [2.24, 2.45) is 0 Å². The lowest BCUT2D eigenvalue weighted by Gasteiger charge is -2.09. The summed E-state index contributed by atoms with van der Waals surface area (Å²) in [6.45, 7) is 1.95. The number of hydrogen-bond acceptors (Lipinski definition) is 6. The average Bonchev–Trinajstić information content (AvgIpc) is 3.23. The molecule has 3 aromatic rings. The van der Waals surface area contributed by atoms with E-state index in [1.165, 1.54) is 19.3 Å². The number of anilines is 1. The van der Waals surface area contributed by atoms with Crippen molar-refractivity contribution >= 4 is 17.5 Å². The first-order chi connectivity index (χ1) is 14.0. The minimum absolute atomic E-state index is 0.116. The molecule has 29 heavy (non-hydrogen) atoms. The summed E-state index contributed by atoms with van der Waals surface area (Å²) in [7, 11) is 0. The standard InChI is InChI=1S/C20H20N4O5/c1-14(25)21-10-12-28-16-6-4-15(5-7-16)22-19(26)13-24-20(27)9-8-17(23-24)18-3-2-11-29-18/h2-9,11H,10,12-13H2,1H3,(H,21,25)(H,22,26). The summed E-state index contributed by atoms with van der Waals surface area (Å²) in [5.74, 6) is 0.608. The van der Waals surface area contributed by atoms with Crippen molar-refractivity contribution in [1.82, 2.24) is 15.1 Å². The van der Waals surface area contributed by atoms with E-state index in [-0.39, 0.29) is 12.5 Å². The Balaban J connectivity index is 1.56. The average molecular weight is 396 g/mol. The molecule has 9 heteroatoms. The third-order valence-corrected chi connectivity index (χ3v) is 3.82. The summed E-state index contributed by atoms with van der Waals surface area (Å²) in [5.41, 5.74) is 0.626. The number of nitrogens with zero attached hydrogens (tertiary/aromatic N) is 2. The van der Waals surface area contributed by atoms with Crippen LogP contribution in [0.15, 0.2) is 64.0 Å². The van der Waals surface area contributed by atoms with Crippen LogP contribution in [0.2, 0.25) is 0 Å². The Hall–Kier alpha value is -3.88. The maximum Gasteiger partial charge on any atom is 0.267 e. The molecule has 0 atom stereocenters. The quantitative estimate of drug-likeness (QED) is 0.560. The molecule has 2 heterocycles. The van der Waals surface area contributed by atoms with Crippen LogP contribution >= 0.6 is 0 Å². The Kier molecular flexibility index (Phi) is 6.41. The molecular formula is C20H20N4O5. The molecule has 0 saturated carbocycles. The molecule has 0 aliphatic rings. The molecule has 9 nitrogen and oxygen atoms in total. The number of carbonyl (C=O) groups excluding carboxylic acids is 2. The second kappa shape index (κ2) is 9.36. The van der Waals surface area contributed by atoms with Crippen LogP contribution in [0.1, 0.15) is 6.92 Å². The summed E-state index contributed by atoms with van der Waals surface area (Å²) < 4.78 is 11.8. The first-order valence-electron chi connectivity index (χ1n) is 8.90. The number of hydrogen-bond donors (Lipinski definition) is 2. The number of rotatable bonds is 8. The molecule has 0 spiro atoms. The molecule has 0 unspecified atom stereocenters. The van der Waals surface area contributed by atoms with Gasteiger partial charge in [0.25, 0.3) is 5.56 Å². The Labute approximate surface area is 166 Å². The zero-order chi connectivity index (χ0) is 20.6. The number of benzene rings is 1. The van der Waals surface area contributed by atoms with Crippen molar-refractivity contribution in [1.29, 1.82) is 0 Å². The highest BCUT2D eigenvalue weighted by Crippen LogP contribution is 2.16. The van der Waals surface area contributed by atoms with Crippen LogP contribution in [-0.2, 0) is 16.1 Å². The van der Waals surface area contributed by atoms with Crippen LogP contribution in [0.25, 0.3) is 11.5 Å². The Morgan fingerprint density at radius 3 is 2.62 bits per heavy atom. The number of nitrogens with one attached hydrogen (secondary N) is 2. The van der Waals surface area contributed by atoms with Gasteiger partial charge in [-0.2, -0.15) is 5.10 Å². The molecule has 0 fully saturated rings. The van der Waals surface area contributed by atoms with Gasteiger partial charge in [0, 0.05) is 18.7 Å². The van der Waals surface area contributed by atoms with Gasteiger partial charge in [0.15, 0.2) is 5.76 Å². The van der Waals surface area contributed by atoms with Gasteiger partial charge in [-0.1, -0.05) is 0 Å². The lowest BCUT2D eigenvalue weighted by Crippen LogP contribution is -2.29. The molecule has 0 saturated heterocycles.